The Morgan fingerprint density at radius 2 is 1.46 bits per heavy atom. The van der Waals surface area contributed by atoms with Gasteiger partial charge in [0.05, 0.1) is 33.5 Å². The number of carbonyl (C=O) groups excluding carboxylic acids is 3. The molecule has 0 heterocycles. The Labute approximate surface area is 159 Å². The Kier molecular flexibility index (Phi) is 6.60. The van der Waals surface area contributed by atoms with E-state index in [1.807, 2.05) is 0 Å². The smallest absolute Gasteiger partial charge is 0.339 e. The molecule has 136 valence electrons. The Hall–Kier alpha value is -2.57. The fourth-order valence-electron chi connectivity index (χ4n) is 2.09. The number of benzene rings is 2. The number of esters is 2. The monoisotopic (exact) mass is 395 g/mol. The van der Waals surface area contributed by atoms with Crippen LogP contribution in [0.4, 0.5) is 5.69 Å². The SMILES string of the molecule is CCOC(=O)c1ccccc1C(=O)OCC(=O)c1cc(Cl)c(N)c(Cl)c1. The molecule has 0 saturated carbocycles. The second-order valence-electron chi connectivity index (χ2n) is 5.12. The highest BCUT2D eigenvalue weighted by Crippen LogP contribution is 2.29. The molecule has 2 aromatic carbocycles. The van der Waals surface area contributed by atoms with E-state index in [1.54, 1.807) is 19.1 Å². The Bertz CT molecular complexity index is 843. The van der Waals surface area contributed by atoms with Gasteiger partial charge in [0.2, 0.25) is 0 Å². The lowest BCUT2D eigenvalue weighted by atomic mass is 10.1. The van der Waals surface area contributed by atoms with Crippen molar-refractivity contribution in [2.45, 2.75) is 6.92 Å². The predicted octanol–water partition coefficient (Wildman–Crippen LogP) is 3.79. The van der Waals surface area contributed by atoms with E-state index >= 15 is 0 Å². The van der Waals surface area contributed by atoms with Crippen LogP contribution in [-0.2, 0) is 9.47 Å². The molecule has 6 nitrogen and oxygen atoms in total. The first-order chi connectivity index (χ1) is 12.3. The average Bonchev–Trinajstić information content (AvgIpc) is 2.63. The molecular formula is C18H15Cl2NO5. The number of halogens is 2. The molecule has 0 radical (unpaired) electrons. The van der Waals surface area contributed by atoms with Gasteiger partial charge < -0.3 is 15.2 Å². The van der Waals surface area contributed by atoms with Crippen molar-refractivity contribution >= 4 is 46.6 Å². The molecule has 0 fully saturated rings. The van der Waals surface area contributed by atoms with E-state index in [9.17, 15) is 14.4 Å². The second-order valence-corrected chi connectivity index (χ2v) is 5.93. The maximum Gasteiger partial charge on any atom is 0.339 e. The van der Waals surface area contributed by atoms with E-state index in [1.165, 1.54) is 24.3 Å². The summed E-state index contributed by atoms with van der Waals surface area (Å²) in [4.78, 5) is 36.3. The lowest BCUT2D eigenvalue weighted by Gasteiger charge is -2.09. The zero-order valence-corrected chi connectivity index (χ0v) is 15.3. The Morgan fingerprint density at radius 3 is 1.96 bits per heavy atom. The van der Waals surface area contributed by atoms with Gasteiger partial charge in [-0.1, -0.05) is 35.3 Å². The molecule has 0 aliphatic carbocycles. The highest BCUT2D eigenvalue weighted by molar-refractivity contribution is 6.39. The van der Waals surface area contributed by atoms with Crippen molar-refractivity contribution in [2.24, 2.45) is 0 Å². The summed E-state index contributed by atoms with van der Waals surface area (Å²) in [5.74, 6) is -1.99. The summed E-state index contributed by atoms with van der Waals surface area (Å²) in [6.07, 6.45) is 0. The summed E-state index contributed by atoms with van der Waals surface area (Å²) in [5, 5.41) is 0.250. The number of carbonyl (C=O) groups is 3. The predicted molar refractivity (Wildman–Crippen MR) is 97.9 cm³/mol. The minimum atomic E-state index is -0.824. The van der Waals surface area contributed by atoms with Gasteiger partial charge >= 0.3 is 11.9 Å². The highest BCUT2D eigenvalue weighted by Gasteiger charge is 2.20. The molecule has 0 unspecified atom stereocenters. The number of hydrogen-bond acceptors (Lipinski definition) is 6. The lowest BCUT2D eigenvalue weighted by molar-refractivity contribution is 0.0452. The third-order valence-electron chi connectivity index (χ3n) is 3.38. The van der Waals surface area contributed by atoms with Crippen molar-refractivity contribution < 1.29 is 23.9 Å². The van der Waals surface area contributed by atoms with Gasteiger partial charge in [-0.15, -0.1) is 0 Å². The fourth-order valence-corrected chi connectivity index (χ4v) is 2.57. The number of Topliss-reactive ketones (excluding diaryl/α,β-unsaturated/α-hetero) is 1. The second kappa shape index (κ2) is 8.69. The average molecular weight is 396 g/mol. The van der Waals surface area contributed by atoms with Crippen LogP contribution in [0.1, 0.15) is 38.0 Å². The summed E-state index contributed by atoms with van der Waals surface area (Å²) < 4.78 is 9.91. The van der Waals surface area contributed by atoms with Crippen LogP contribution in [0.25, 0.3) is 0 Å². The van der Waals surface area contributed by atoms with Gasteiger partial charge in [-0.05, 0) is 31.2 Å². The van der Waals surface area contributed by atoms with Gasteiger partial charge in [0.1, 0.15) is 0 Å². The van der Waals surface area contributed by atoms with Gasteiger partial charge in [0.15, 0.2) is 12.4 Å². The topological polar surface area (TPSA) is 95.7 Å². The van der Waals surface area contributed by atoms with Crippen molar-refractivity contribution in [1.29, 1.82) is 0 Å². The maximum absolute atomic E-state index is 12.2. The number of nitrogen functional groups attached to an aromatic ring is 1. The van der Waals surface area contributed by atoms with E-state index < -0.39 is 24.3 Å². The quantitative estimate of drug-likeness (QED) is 0.454. The summed E-state index contributed by atoms with van der Waals surface area (Å²) in [6.45, 7) is 1.27. The number of nitrogens with two attached hydrogens (primary N) is 1. The molecule has 2 rings (SSSR count). The number of hydrogen-bond donors (Lipinski definition) is 1. The standard InChI is InChI=1S/C18H15Cl2NO5/c1-2-25-17(23)11-5-3-4-6-12(11)18(24)26-9-15(22)10-7-13(19)16(21)14(20)8-10/h3-8H,2,9,21H2,1H3. The van der Waals surface area contributed by atoms with Crippen LogP contribution in [0, 0.1) is 0 Å². The van der Waals surface area contributed by atoms with Crippen molar-refractivity contribution in [3.63, 3.8) is 0 Å². The van der Waals surface area contributed by atoms with Crippen LogP contribution in [0.2, 0.25) is 10.0 Å². The minimum absolute atomic E-state index is 0.00659. The van der Waals surface area contributed by atoms with E-state index in [4.69, 9.17) is 38.4 Å². The molecule has 0 aromatic heterocycles. The molecule has 26 heavy (non-hydrogen) atoms. The minimum Gasteiger partial charge on any atom is -0.462 e. The maximum atomic E-state index is 12.2. The third kappa shape index (κ3) is 4.53. The van der Waals surface area contributed by atoms with E-state index in [0.29, 0.717) is 0 Å². The molecule has 0 bridgehead atoms. The van der Waals surface area contributed by atoms with Gasteiger partial charge in [-0.25, -0.2) is 9.59 Å². The number of rotatable bonds is 6. The molecular weight excluding hydrogens is 381 g/mol. The molecule has 0 aliphatic heterocycles. The van der Waals surface area contributed by atoms with E-state index in [-0.39, 0.29) is 39.0 Å². The normalized spacial score (nSPS) is 10.3. The van der Waals surface area contributed by atoms with Gasteiger partial charge in [-0.3, -0.25) is 4.79 Å². The molecule has 0 aliphatic rings. The van der Waals surface area contributed by atoms with Gasteiger partial charge in [0, 0.05) is 5.56 Å². The Morgan fingerprint density at radius 1 is 0.962 bits per heavy atom. The number of ketones is 1. The molecule has 0 amide bonds. The summed E-state index contributed by atoms with van der Waals surface area (Å²) in [7, 11) is 0. The molecule has 0 atom stereocenters. The van der Waals surface area contributed by atoms with E-state index in [2.05, 4.69) is 0 Å². The summed E-state index contributed by atoms with van der Waals surface area (Å²) >= 11 is 11.8. The summed E-state index contributed by atoms with van der Waals surface area (Å²) in [6, 6.07) is 8.69. The number of anilines is 1. The van der Waals surface area contributed by atoms with Crippen molar-refractivity contribution in [1.82, 2.24) is 0 Å². The van der Waals surface area contributed by atoms with Crippen LogP contribution in [0.3, 0.4) is 0 Å². The van der Waals surface area contributed by atoms with E-state index in [0.717, 1.165) is 0 Å². The third-order valence-corrected chi connectivity index (χ3v) is 4.00. The molecule has 2 N–H and O–H groups in total. The first kappa shape index (κ1) is 19.8. The molecule has 2 aromatic rings. The van der Waals surface area contributed by atoms with Crippen molar-refractivity contribution in [2.75, 3.05) is 18.9 Å². The van der Waals surface area contributed by atoms with Crippen molar-refractivity contribution in [3.8, 4) is 0 Å². The molecule has 8 heteroatoms. The Balaban J connectivity index is 2.12. The first-order valence-corrected chi connectivity index (χ1v) is 8.31. The van der Waals surface area contributed by atoms with Crippen LogP contribution < -0.4 is 5.73 Å². The largest absolute Gasteiger partial charge is 0.462 e. The van der Waals surface area contributed by atoms with Crippen LogP contribution in [-0.4, -0.2) is 30.9 Å². The number of ether oxygens (including phenoxy) is 2. The summed E-state index contributed by atoms with van der Waals surface area (Å²) in [5.41, 5.74) is 5.99. The molecule has 0 saturated heterocycles. The zero-order chi connectivity index (χ0) is 19.3. The van der Waals surface area contributed by atoms with Crippen LogP contribution >= 0.6 is 23.2 Å². The van der Waals surface area contributed by atoms with Gasteiger partial charge in [-0.2, -0.15) is 0 Å². The first-order valence-electron chi connectivity index (χ1n) is 7.56. The van der Waals surface area contributed by atoms with Crippen molar-refractivity contribution in [3.05, 3.63) is 63.1 Å². The van der Waals surface area contributed by atoms with Gasteiger partial charge in [0.25, 0.3) is 0 Å². The molecule has 0 spiro atoms. The highest BCUT2D eigenvalue weighted by atomic mass is 35.5. The van der Waals surface area contributed by atoms with Crippen LogP contribution in [0.5, 0.6) is 0 Å². The van der Waals surface area contributed by atoms with Crippen LogP contribution in [0.15, 0.2) is 36.4 Å². The fraction of sp³-hybridized carbons (Fsp3) is 0.167. The lowest BCUT2D eigenvalue weighted by Crippen LogP contribution is -2.18. The zero-order valence-electron chi connectivity index (χ0n) is 13.8.